The van der Waals surface area contributed by atoms with Crippen LogP contribution in [0.1, 0.15) is 44.9 Å². The standard InChI is InChI=1S/C17H31N3OS/c1-18-16(19-13-15-5-10-21-11-6-15)20-9-12-22-17(14-20)7-3-2-4-8-17/h15H,2-14H2,1H3,(H,18,19). The lowest BCUT2D eigenvalue weighted by atomic mass is 9.87. The van der Waals surface area contributed by atoms with Crippen molar-refractivity contribution in [2.45, 2.75) is 49.7 Å². The van der Waals surface area contributed by atoms with E-state index in [2.05, 4.69) is 27.0 Å². The Kier molecular flexibility index (Phi) is 5.91. The second-order valence-electron chi connectivity index (χ2n) is 7.00. The van der Waals surface area contributed by atoms with E-state index < -0.39 is 0 Å². The first-order chi connectivity index (χ1) is 10.8. The van der Waals surface area contributed by atoms with Gasteiger partial charge in [-0.05, 0) is 31.6 Å². The number of rotatable bonds is 2. The van der Waals surface area contributed by atoms with E-state index in [0.717, 1.165) is 38.2 Å². The Hall–Kier alpha value is -0.420. The molecule has 0 amide bonds. The molecule has 3 rings (SSSR count). The maximum atomic E-state index is 5.45. The molecule has 2 saturated heterocycles. The maximum Gasteiger partial charge on any atom is 0.193 e. The second-order valence-corrected chi connectivity index (χ2v) is 8.56. The summed E-state index contributed by atoms with van der Waals surface area (Å²) in [5.74, 6) is 3.11. The van der Waals surface area contributed by atoms with Crippen molar-refractivity contribution in [2.75, 3.05) is 45.6 Å². The van der Waals surface area contributed by atoms with Crippen molar-refractivity contribution >= 4 is 17.7 Å². The number of nitrogens with zero attached hydrogens (tertiary/aromatic N) is 2. The molecule has 0 aromatic carbocycles. The minimum absolute atomic E-state index is 0.507. The number of aliphatic imine (C=N–C) groups is 1. The van der Waals surface area contributed by atoms with Crippen LogP contribution >= 0.6 is 11.8 Å². The zero-order valence-electron chi connectivity index (χ0n) is 14.0. The minimum Gasteiger partial charge on any atom is -0.381 e. The van der Waals surface area contributed by atoms with Crippen molar-refractivity contribution < 1.29 is 4.74 Å². The van der Waals surface area contributed by atoms with Gasteiger partial charge in [0.25, 0.3) is 0 Å². The molecule has 3 fully saturated rings. The largest absolute Gasteiger partial charge is 0.381 e. The molecule has 1 saturated carbocycles. The van der Waals surface area contributed by atoms with Gasteiger partial charge in [0.05, 0.1) is 0 Å². The highest BCUT2D eigenvalue weighted by molar-refractivity contribution is 8.00. The fourth-order valence-electron chi connectivity index (χ4n) is 4.04. The van der Waals surface area contributed by atoms with Gasteiger partial charge in [-0.25, -0.2) is 0 Å². The summed E-state index contributed by atoms with van der Waals surface area (Å²) in [5, 5.41) is 3.64. The van der Waals surface area contributed by atoms with Gasteiger partial charge >= 0.3 is 0 Å². The molecule has 0 aromatic rings. The molecule has 0 bridgehead atoms. The zero-order chi connectivity index (χ0) is 15.3. The van der Waals surface area contributed by atoms with Crippen LogP contribution in [0, 0.1) is 5.92 Å². The van der Waals surface area contributed by atoms with Crippen molar-refractivity contribution in [2.24, 2.45) is 10.9 Å². The predicted octanol–water partition coefficient (Wildman–Crippen LogP) is 2.74. The van der Waals surface area contributed by atoms with E-state index in [4.69, 9.17) is 4.74 Å². The Morgan fingerprint density at radius 2 is 2.05 bits per heavy atom. The highest BCUT2D eigenvalue weighted by Crippen LogP contribution is 2.42. The summed E-state index contributed by atoms with van der Waals surface area (Å²) in [6.07, 6.45) is 9.41. The average Bonchev–Trinajstić information content (AvgIpc) is 2.57. The molecule has 22 heavy (non-hydrogen) atoms. The minimum atomic E-state index is 0.507. The van der Waals surface area contributed by atoms with Crippen LogP contribution in [-0.2, 0) is 4.74 Å². The molecule has 0 aromatic heterocycles. The molecular formula is C17H31N3OS. The highest BCUT2D eigenvalue weighted by atomic mass is 32.2. The summed E-state index contributed by atoms with van der Waals surface area (Å²) in [7, 11) is 1.93. The lowest BCUT2D eigenvalue weighted by Gasteiger charge is -2.45. The summed E-state index contributed by atoms with van der Waals surface area (Å²) >= 11 is 2.22. The Morgan fingerprint density at radius 1 is 1.27 bits per heavy atom. The quantitative estimate of drug-likeness (QED) is 0.626. The smallest absolute Gasteiger partial charge is 0.193 e. The third kappa shape index (κ3) is 4.10. The zero-order valence-corrected chi connectivity index (χ0v) is 14.8. The average molecular weight is 326 g/mol. The normalized spacial score (nSPS) is 27.1. The number of guanidine groups is 1. The van der Waals surface area contributed by atoms with Gasteiger partial charge in [-0.2, -0.15) is 11.8 Å². The van der Waals surface area contributed by atoms with Gasteiger partial charge in [-0.15, -0.1) is 0 Å². The Balaban J connectivity index is 1.53. The molecule has 1 N–H and O–H groups in total. The second kappa shape index (κ2) is 7.91. The lowest BCUT2D eigenvalue weighted by molar-refractivity contribution is 0.0673. The van der Waals surface area contributed by atoms with Gasteiger partial charge in [-0.1, -0.05) is 19.3 Å². The van der Waals surface area contributed by atoms with Gasteiger partial charge in [0.15, 0.2) is 5.96 Å². The molecule has 0 unspecified atom stereocenters. The molecule has 0 radical (unpaired) electrons. The topological polar surface area (TPSA) is 36.9 Å². The third-order valence-electron chi connectivity index (χ3n) is 5.41. The van der Waals surface area contributed by atoms with Crippen molar-refractivity contribution in [3.8, 4) is 0 Å². The fraction of sp³-hybridized carbons (Fsp3) is 0.941. The van der Waals surface area contributed by atoms with E-state index in [1.165, 1.54) is 57.2 Å². The summed E-state index contributed by atoms with van der Waals surface area (Å²) in [5.41, 5.74) is 0. The molecule has 2 aliphatic heterocycles. The van der Waals surface area contributed by atoms with Crippen LogP contribution in [0.25, 0.3) is 0 Å². The maximum absolute atomic E-state index is 5.45. The van der Waals surface area contributed by atoms with Crippen LogP contribution in [0.4, 0.5) is 0 Å². The van der Waals surface area contributed by atoms with Crippen LogP contribution < -0.4 is 5.32 Å². The van der Waals surface area contributed by atoms with E-state index in [0.29, 0.717) is 4.75 Å². The molecule has 0 atom stereocenters. The van der Waals surface area contributed by atoms with Crippen LogP contribution in [-0.4, -0.2) is 61.3 Å². The molecule has 4 nitrogen and oxygen atoms in total. The molecule has 1 aliphatic carbocycles. The molecule has 1 spiro atoms. The number of ether oxygens (including phenoxy) is 1. The molecular weight excluding hydrogens is 294 g/mol. The van der Waals surface area contributed by atoms with Gasteiger partial charge < -0.3 is 15.0 Å². The van der Waals surface area contributed by atoms with Gasteiger partial charge in [0, 0.05) is 50.4 Å². The molecule has 2 heterocycles. The summed E-state index contributed by atoms with van der Waals surface area (Å²) in [6, 6.07) is 0. The van der Waals surface area contributed by atoms with E-state index >= 15 is 0 Å². The monoisotopic (exact) mass is 325 g/mol. The van der Waals surface area contributed by atoms with Crippen LogP contribution in [0.15, 0.2) is 4.99 Å². The van der Waals surface area contributed by atoms with Crippen LogP contribution in [0.2, 0.25) is 0 Å². The number of hydrogen-bond acceptors (Lipinski definition) is 3. The number of nitrogens with one attached hydrogen (secondary N) is 1. The predicted molar refractivity (Wildman–Crippen MR) is 94.8 cm³/mol. The summed E-state index contributed by atoms with van der Waals surface area (Å²) < 4.78 is 5.96. The van der Waals surface area contributed by atoms with E-state index in [1.54, 1.807) is 0 Å². The SMILES string of the molecule is CN=C(NCC1CCOCC1)N1CCSC2(CCCCC2)C1. The number of thioether (sulfide) groups is 1. The first kappa shape index (κ1) is 16.4. The first-order valence-electron chi connectivity index (χ1n) is 8.99. The Morgan fingerprint density at radius 3 is 2.77 bits per heavy atom. The number of hydrogen-bond donors (Lipinski definition) is 1. The lowest BCUT2D eigenvalue weighted by Crippen LogP contribution is -2.54. The van der Waals surface area contributed by atoms with Crippen molar-refractivity contribution in [3.05, 3.63) is 0 Å². The van der Waals surface area contributed by atoms with Crippen molar-refractivity contribution in [1.29, 1.82) is 0 Å². The van der Waals surface area contributed by atoms with Gasteiger partial charge in [0.2, 0.25) is 0 Å². The summed E-state index contributed by atoms with van der Waals surface area (Å²) in [4.78, 5) is 7.08. The highest BCUT2D eigenvalue weighted by Gasteiger charge is 2.38. The molecule has 5 heteroatoms. The van der Waals surface area contributed by atoms with E-state index in [-0.39, 0.29) is 0 Å². The van der Waals surface area contributed by atoms with Crippen LogP contribution in [0.5, 0.6) is 0 Å². The van der Waals surface area contributed by atoms with E-state index in [1.807, 2.05) is 7.05 Å². The molecule has 3 aliphatic rings. The van der Waals surface area contributed by atoms with Gasteiger partial charge in [0.1, 0.15) is 0 Å². The first-order valence-corrected chi connectivity index (χ1v) is 9.97. The van der Waals surface area contributed by atoms with Gasteiger partial charge in [-0.3, -0.25) is 4.99 Å². The fourth-order valence-corrected chi connectivity index (χ4v) is 5.61. The van der Waals surface area contributed by atoms with Crippen molar-refractivity contribution in [3.63, 3.8) is 0 Å². The Labute approximate surface area is 139 Å². The van der Waals surface area contributed by atoms with Crippen LogP contribution in [0.3, 0.4) is 0 Å². The molecule has 126 valence electrons. The Bertz CT molecular complexity index is 371. The van der Waals surface area contributed by atoms with E-state index in [9.17, 15) is 0 Å². The third-order valence-corrected chi connectivity index (χ3v) is 6.95. The summed E-state index contributed by atoms with van der Waals surface area (Å²) in [6.45, 7) is 5.22. The van der Waals surface area contributed by atoms with Crippen molar-refractivity contribution in [1.82, 2.24) is 10.2 Å².